The van der Waals surface area contributed by atoms with Crippen LogP contribution >= 0.6 is 24.2 Å². The van der Waals surface area contributed by atoms with Crippen LogP contribution in [-0.4, -0.2) is 5.91 Å². The van der Waals surface area contributed by atoms with Crippen LogP contribution in [0.4, 0.5) is 10.1 Å². The number of hydrogen-bond donors (Lipinski definition) is 2. The SMILES string of the molecule is Cc1ccc(F)cc1NC(=O)c1cc(S)ccc1Cl. The molecule has 0 aliphatic carbocycles. The molecule has 2 aromatic rings. The van der Waals surface area contributed by atoms with Gasteiger partial charge in [-0.1, -0.05) is 17.7 Å². The van der Waals surface area contributed by atoms with Crippen molar-refractivity contribution in [3.63, 3.8) is 0 Å². The van der Waals surface area contributed by atoms with Crippen molar-refractivity contribution in [1.82, 2.24) is 0 Å². The molecule has 0 unspecified atom stereocenters. The summed E-state index contributed by atoms with van der Waals surface area (Å²) < 4.78 is 13.2. The van der Waals surface area contributed by atoms with Gasteiger partial charge in [-0.3, -0.25) is 4.79 Å². The number of rotatable bonds is 2. The third-order valence-electron chi connectivity index (χ3n) is 2.64. The average Bonchev–Trinajstić information content (AvgIpc) is 2.36. The summed E-state index contributed by atoms with van der Waals surface area (Å²) >= 11 is 10.1. The smallest absolute Gasteiger partial charge is 0.257 e. The molecule has 98 valence electrons. The zero-order valence-corrected chi connectivity index (χ0v) is 11.7. The lowest BCUT2D eigenvalue weighted by Crippen LogP contribution is -2.13. The van der Waals surface area contributed by atoms with Crippen molar-refractivity contribution < 1.29 is 9.18 Å². The Hall–Kier alpha value is -1.52. The van der Waals surface area contributed by atoms with E-state index in [9.17, 15) is 9.18 Å². The molecule has 0 aliphatic rings. The van der Waals surface area contributed by atoms with Gasteiger partial charge in [0, 0.05) is 10.6 Å². The minimum atomic E-state index is -0.407. The lowest BCUT2D eigenvalue weighted by molar-refractivity contribution is 0.102. The van der Waals surface area contributed by atoms with E-state index in [2.05, 4.69) is 17.9 Å². The molecule has 0 aliphatic heterocycles. The van der Waals surface area contributed by atoms with Gasteiger partial charge in [0.1, 0.15) is 5.82 Å². The highest BCUT2D eigenvalue weighted by molar-refractivity contribution is 7.80. The Morgan fingerprint density at radius 1 is 1.26 bits per heavy atom. The van der Waals surface area contributed by atoms with Crippen LogP contribution in [0.25, 0.3) is 0 Å². The van der Waals surface area contributed by atoms with Gasteiger partial charge in [-0.2, -0.15) is 0 Å². The van der Waals surface area contributed by atoms with Crippen LogP contribution in [0.5, 0.6) is 0 Å². The first-order chi connectivity index (χ1) is 8.97. The van der Waals surface area contributed by atoms with Gasteiger partial charge in [0.25, 0.3) is 5.91 Å². The molecule has 2 rings (SSSR count). The fourth-order valence-electron chi connectivity index (χ4n) is 1.61. The molecule has 0 fully saturated rings. The minimum absolute atomic E-state index is 0.304. The lowest BCUT2D eigenvalue weighted by atomic mass is 10.1. The van der Waals surface area contributed by atoms with Crippen LogP contribution < -0.4 is 5.32 Å². The maximum atomic E-state index is 13.2. The zero-order valence-electron chi connectivity index (χ0n) is 10.1. The molecule has 0 atom stereocenters. The normalized spacial score (nSPS) is 10.3. The van der Waals surface area contributed by atoms with Gasteiger partial charge in [0.15, 0.2) is 0 Å². The maximum absolute atomic E-state index is 13.2. The Kier molecular flexibility index (Phi) is 4.12. The van der Waals surface area contributed by atoms with Crippen LogP contribution in [0, 0.1) is 12.7 Å². The van der Waals surface area contributed by atoms with E-state index in [1.54, 1.807) is 31.2 Å². The molecule has 2 aromatic carbocycles. The maximum Gasteiger partial charge on any atom is 0.257 e. The highest BCUT2D eigenvalue weighted by atomic mass is 35.5. The van der Waals surface area contributed by atoms with Gasteiger partial charge in [-0.05, 0) is 42.8 Å². The predicted octanol–water partition coefficient (Wildman–Crippen LogP) is 4.33. The van der Waals surface area contributed by atoms with E-state index in [0.29, 0.717) is 21.2 Å². The fraction of sp³-hybridized carbons (Fsp3) is 0.0714. The second kappa shape index (κ2) is 5.63. The zero-order chi connectivity index (χ0) is 14.0. The van der Waals surface area contributed by atoms with E-state index in [-0.39, 0.29) is 0 Å². The van der Waals surface area contributed by atoms with E-state index in [1.165, 1.54) is 12.1 Å². The molecule has 1 N–H and O–H groups in total. The third kappa shape index (κ3) is 3.28. The number of benzene rings is 2. The fourth-order valence-corrected chi connectivity index (χ4v) is 2.01. The summed E-state index contributed by atoms with van der Waals surface area (Å²) in [5.74, 6) is -0.801. The Labute approximate surface area is 121 Å². The Bertz CT molecular complexity index is 645. The van der Waals surface area contributed by atoms with Crippen LogP contribution in [0.1, 0.15) is 15.9 Å². The highest BCUT2D eigenvalue weighted by Gasteiger charge is 2.12. The number of thiol groups is 1. The lowest BCUT2D eigenvalue weighted by Gasteiger charge is -2.10. The first-order valence-electron chi connectivity index (χ1n) is 5.53. The largest absolute Gasteiger partial charge is 0.322 e. The summed E-state index contributed by atoms with van der Waals surface area (Å²) in [7, 11) is 0. The predicted molar refractivity (Wildman–Crippen MR) is 77.8 cm³/mol. The van der Waals surface area contributed by atoms with Gasteiger partial charge in [-0.15, -0.1) is 12.6 Å². The third-order valence-corrected chi connectivity index (χ3v) is 3.25. The second-order valence-corrected chi connectivity index (χ2v) is 5.00. The van der Waals surface area contributed by atoms with Gasteiger partial charge >= 0.3 is 0 Å². The number of carbonyl (C=O) groups excluding carboxylic acids is 1. The highest BCUT2D eigenvalue weighted by Crippen LogP contribution is 2.22. The van der Waals surface area contributed by atoms with E-state index >= 15 is 0 Å². The van der Waals surface area contributed by atoms with Crippen molar-refractivity contribution in [1.29, 1.82) is 0 Å². The summed E-state index contributed by atoms with van der Waals surface area (Å²) in [6.07, 6.45) is 0. The molecule has 0 spiro atoms. The van der Waals surface area contributed by atoms with Gasteiger partial charge in [0.05, 0.1) is 10.6 Å². The molecule has 0 heterocycles. The summed E-state index contributed by atoms with van der Waals surface area (Å²) in [6, 6.07) is 9.06. The average molecular weight is 296 g/mol. The van der Waals surface area contributed by atoms with E-state index in [4.69, 9.17) is 11.6 Å². The van der Waals surface area contributed by atoms with Gasteiger partial charge in [0.2, 0.25) is 0 Å². The number of nitrogens with one attached hydrogen (secondary N) is 1. The Morgan fingerprint density at radius 2 is 2.00 bits per heavy atom. The number of aryl methyl sites for hydroxylation is 1. The molecule has 19 heavy (non-hydrogen) atoms. The van der Waals surface area contributed by atoms with Crippen molar-refractivity contribution >= 4 is 35.8 Å². The molecule has 0 saturated carbocycles. The molecule has 2 nitrogen and oxygen atoms in total. The summed E-state index contributed by atoms with van der Waals surface area (Å²) in [4.78, 5) is 12.7. The van der Waals surface area contributed by atoms with Crippen LogP contribution in [-0.2, 0) is 0 Å². The molecule has 0 saturated heterocycles. The van der Waals surface area contributed by atoms with Gasteiger partial charge in [-0.25, -0.2) is 4.39 Å². The summed E-state index contributed by atoms with van der Waals surface area (Å²) in [5.41, 5.74) is 1.50. The Morgan fingerprint density at radius 3 is 2.74 bits per heavy atom. The molecule has 1 amide bonds. The number of halogens is 2. The molecule has 0 aromatic heterocycles. The van der Waals surface area contributed by atoms with Crippen LogP contribution in [0.15, 0.2) is 41.3 Å². The summed E-state index contributed by atoms with van der Waals surface area (Å²) in [5, 5.41) is 2.96. The van der Waals surface area contributed by atoms with Crippen molar-refractivity contribution in [2.45, 2.75) is 11.8 Å². The second-order valence-electron chi connectivity index (χ2n) is 4.08. The topological polar surface area (TPSA) is 29.1 Å². The van der Waals surface area contributed by atoms with E-state index in [0.717, 1.165) is 5.56 Å². The van der Waals surface area contributed by atoms with E-state index < -0.39 is 11.7 Å². The van der Waals surface area contributed by atoms with Gasteiger partial charge < -0.3 is 5.32 Å². The standard InChI is InChI=1S/C14H11ClFNOS/c1-8-2-3-9(16)6-13(8)17-14(18)11-7-10(19)4-5-12(11)15/h2-7,19H,1H3,(H,17,18). The quantitative estimate of drug-likeness (QED) is 0.793. The van der Waals surface area contributed by atoms with Crippen LogP contribution in [0.2, 0.25) is 5.02 Å². The molecule has 0 radical (unpaired) electrons. The van der Waals surface area contributed by atoms with E-state index in [1.807, 2.05) is 0 Å². The number of anilines is 1. The number of carbonyl (C=O) groups is 1. The first-order valence-corrected chi connectivity index (χ1v) is 6.36. The molecular weight excluding hydrogens is 285 g/mol. The Balaban J connectivity index is 2.30. The van der Waals surface area contributed by atoms with Crippen molar-refractivity contribution in [3.8, 4) is 0 Å². The first kappa shape index (κ1) is 13.9. The van der Waals surface area contributed by atoms with Crippen molar-refractivity contribution in [2.75, 3.05) is 5.32 Å². The van der Waals surface area contributed by atoms with Crippen LogP contribution in [0.3, 0.4) is 0 Å². The van der Waals surface area contributed by atoms with Crippen molar-refractivity contribution in [3.05, 3.63) is 58.4 Å². The minimum Gasteiger partial charge on any atom is -0.322 e. The molecule has 5 heteroatoms. The summed E-state index contributed by atoms with van der Waals surface area (Å²) in [6.45, 7) is 1.78. The van der Waals surface area contributed by atoms with Crippen molar-refractivity contribution in [2.24, 2.45) is 0 Å². The molecular formula is C14H11ClFNOS. The number of amides is 1. The monoisotopic (exact) mass is 295 g/mol. The number of hydrogen-bond acceptors (Lipinski definition) is 2. The molecule has 0 bridgehead atoms.